The van der Waals surface area contributed by atoms with Crippen molar-refractivity contribution in [3.05, 3.63) is 23.7 Å². The molecule has 0 radical (unpaired) electrons. The van der Waals surface area contributed by atoms with Crippen LogP contribution in [0.5, 0.6) is 0 Å². The monoisotopic (exact) mass is 265 g/mol. The van der Waals surface area contributed by atoms with Crippen molar-refractivity contribution in [2.24, 2.45) is 0 Å². The Bertz CT molecular complexity index is 509. The molecule has 1 saturated heterocycles. The minimum Gasteiger partial charge on any atom is -0.465 e. The normalized spacial score (nSPS) is 19.3. The molecule has 7 nitrogen and oxygen atoms in total. The minimum absolute atomic E-state index is 0.136. The smallest absolute Gasteiger partial charge is 0.322 e. The summed E-state index contributed by atoms with van der Waals surface area (Å²) in [6.07, 6.45) is 0.414. The van der Waals surface area contributed by atoms with Gasteiger partial charge >= 0.3 is 6.03 Å². The highest BCUT2D eigenvalue weighted by Crippen LogP contribution is 2.06. The highest BCUT2D eigenvalue weighted by molar-refractivity contribution is 5.98. The SMILES string of the molecule is Cc1ccc(CNC(=O)[C@@H]2CCC(=O)NC(=O)N2)o1. The van der Waals surface area contributed by atoms with E-state index in [1.165, 1.54) is 0 Å². The average Bonchev–Trinajstić information content (AvgIpc) is 2.68. The summed E-state index contributed by atoms with van der Waals surface area (Å²) in [5.74, 6) is 0.690. The molecular formula is C12H15N3O4. The zero-order valence-electron chi connectivity index (χ0n) is 10.5. The number of urea groups is 1. The van der Waals surface area contributed by atoms with Crippen molar-refractivity contribution in [1.82, 2.24) is 16.0 Å². The zero-order valence-corrected chi connectivity index (χ0v) is 10.5. The first-order valence-electron chi connectivity index (χ1n) is 5.98. The molecular weight excluding hydrogens is 250 g/mol. The predicted molar refractivity (Wildman–Crippen MR) is 65.0 cm³/mol. The molecule has 1 atom stereocenters. The summed E-state index contributed by atoms with van der Waals surface area (Å²) < 4.78 is 5.32. The third-order valence-electron chi connectivity index (χ3n) is 2.77. The molecule has 2 heterocycles. The Morgan fingerprint density at radius 3 is 2.95 bits per heavy atom. The quantitative estimate of drug-likeness (QED) is 0.726. The molecule has 19 heavy (non-hydrogen) atoms. The summed E-state index contributed by atoms with van der Waals surface area (Å²) in [7, 11) is 0. The van der Waals surface area contributed by atoms with E-state index < -0.39 is 12.1 Å². The Kier molecular flexibility index (Phi) is 3.84. The Hall–Kier alpha value is -2.31. The summed E-state index contributed by atoms with van der Waals surface area (Å²) in [4.78, 5) is 34.2. The van der Waals surface area contributed by atoms with Gasteiger partial charge in [0.05, 0.1) is 6.54 Å². The second-order valence-corrected chi connectivity index (χ2v) is 4.34. The summed E-state index contributed by atoms with van der Waals surface area (Å²) in [5.41, 5.74) is 0. The molecule has 1 aromatic rings. The van der Waals surface area contributed by atoms with Crippen molar-refractivity contribution in [3.63, 3.8) is 0 Å². The minimum atomic E-state index is -0.706. The van der Waals surface area contributed by atoms with Gasteiger partial charge in [-0.15, -0.1) is 0 Å². The molecule has 102 valence electrons. The molecule has 0 bridgehead atoms. The molecule has 1 fully saturated rings. The van der Waals surface area contributed by atoms with Gasteiger partial charge in [0.2, 0.25) is 11.8 Å². The van der Waals surface area contributed by atoms with Gasteiger partial charge in [-0.3, -0.25) is 14.9 Å². The van der Waals surface area contributed by atoms with Gasteiger partial charge in [-0.25, -0.2) is 4.79 Å². The first kappa shape index (κ1) is 13.1. The van der Waals surface area contributed by atoms with Gasteiger partial charge in [-0.05, 0) is 25.5 Å². The van der Waals surface area contributed by atoms with Crippen LogP contribution in [0.25, 0.3) is 0 Å². The second-order valence-electron chi connectivity index (χ2n) is 4.34. The molecule has 2 rings (SSSR count). The molecule has 1 aliphatic rings. The van der Waals surface area contributed by atoms with Crippen LogP contribution in [0.1, 0.15) is 24.4 Å². The van der Waals surface area contributed by atoms with Crippen LogP contribution in [0.4, 0.5) is 4.79 Å². The number of nitrogens with one attached hydrogen (secondary N) is 3. The first-order chi connectivity index (χ1) is 9.04. The fourth-order valence-corrected chi connectivity index (χ4v) is 1.81. The first-order valence-corrected chi connectivity index (χ1v) is 5.98. The van der Waals surface area contributed by atoms with Crippen molar-refractivity contribution in [1.29, 1.82) is 0 Å². The van der Waals surface area contributed by atoms with Crippen LogP contribution in [-0.4, -0.2) is 23.9 Å². The van der Waals surface area contributed by atoms with Gasteiger partial charge < -0.3 is 15.1 Å². The molecule has 0 saturated carbocycles. The van der Waals surface area contributed by atoms with Crippen LogP contribution >= 0.6 is 0 Å². The number of amides is 4. The number of carbonyl (C=O) groups excluding carboxylic acids is 3. The number of aryl methyl sites for hydroxylation is 1. The molecule has 0 aromatic carbocycles. The highest BCUT2D eigenvalue weighted by atomic mass is 16.3. The maximum Gasteiger partial charge on any atom is 0.322 e. The molecule has 0 unspecified atom stereocenters. The van der Waals surface area contributed by atoms with Crippen molar-refractivity contribution < 1.29 is 18.8 Å². The zero-order chi connectivity index (χ0) is 13.8. The summed E-state index contributed by atoms with van der Waals surface area (Å²) >= 11 is 0. The fourth-order valence-electron chi connectivity index (χ4n) is 1.81. The van der Waals surface area contributed by atoms with Crippen LogP contribution < -0.4 is 16.0 Å². The van der Waals surface area contributed by atoms with Gasteiger partial charge in [0.1, 0.15) is 17.6 Å². The summed E-state index contributed by atoms with van der Waals surface area (Å²) in [6, 6.07) is 2.23. The van der Waals surface area contributed by atoms with E-state index in [2.05, 4.69) is 16.0 Å². The molecule has 1 aliphatic heterocycles. The molecule has 4 amide bonds. The lowest BCUT2D eigenvalue weighted by molar-refractivity contribution is -0.123. The molecule has 3 N–H and O–H groups in total. The lowest BCUT2D eigenvalue weighted by Gasteiger charge is -2.14. The van der Waals surface area contributed by atoms with Gasteiger partial charge in [-0.1, -0.05) is 0 Å². The summed E-state index contributed by atoms with van der Waals surface area (Å²) in [6.45, 7) is 2.06. The molecule has 0 spiro atoms. The second kappa shape index (κ2) is 5.55. The molecule has 7 heteroatoms. The van der Waals surface area contributed by atoms with E-state index in [9.17, 15) is 14.4 Å². The number of rotatable bonds is 3. The van der Waals surface area contributed by atoms with E-state index in [4.69, 9.17) is 4.42 Å². The van der Waals surface area contributed by atoms with Crippen molar-refractivity contribution in [2.75, 3.05) is 0 Å². The van der Waals surface area contributed by atoms with E-state index in [-0.39, 0.29) is 31.2 Å². The van der Waals surface area contributed by atoms with Gasteiger partial charge in [-0.2, -0.15) is 0 Å². The Balaban J connectivity index is 1.88. The number of furan rings is 1. The lowest BCUT2D eigenvalue weighted by Crippen LogP contribution is -2.48. The number of carbonyl (C=O) groups is 3. The van der Waals surface area contributed by atoms with Gasteiger partial charge in [0.15, 0.2) is 0 Å². The van der Waals surface area contributed by atoms with Crippen LogP contribution in [-0.2, 0) is 16.1 Å². The van der Waals surface area contributed by atoms with Gasteiger partial charge in [0.25, 0.3) is 0 Å². The highest BCUT2D eigenvalue weighted by Gasteiger charge is 2.25. The standard InChI is InChI=1S/C12H15N3O4/c1-7-2-3-8(19-7)6-13-11(17)9-4-5-10(16)15-12(18)14-9/h2-3,9H,4-6H2,1H3,(H,13,17)(H2,14,15,16,18)/t9-/m0/s1. The van der Waals surface area contributed by atoms with Crippen molar-refractivity contribution in [2.45, 2.75) is 32.4 Å². The third kappa shape index (κ3) is 3.57. The maximum atomic E-state index is 11.9. The van der Waals surface area contributed by atoms with E-state index in [1.54, 1.807) is 12.1 Å². The maximum absolute atomic E-state index is 11.9. The van der Waals surface area contributed by atoms with E-state index >= 15 is 0 Å². The Labute approximate surface area is 109 Å². The van der Waals surface area contributed by atoms with Crippen molar-refractivity contribution in [3.8, 4) is 0 Å². The number of imide groups is 1. The predicted octanol–water partition coefficient (Wildman–Crippen LogP) is 0.192. The largest absolute Gasteiger partial charge is 0.465 e. The van der Waals surface area contributed by atoms with Crippen LogP contribution in [0.3, 0.4) is 0 Å². The number of hydrogen-bond acceptors (Lipinski definition) is 4. The Morgan fingerprint density at radius 1 is 1.47 bits per heavy atom. The van der Waals surface area contributed by atoms with E-state index in [0.29, 0.717) is 5.76 Å². The lowest BCUT2D eigenvalue weighted by atomic mass is 10.1. The topological polar surface area (TPSA) is 100 Å². The molecule has 1 aromatic heterocycles. The van der Waals surface area contributed by atoms with Crippen LogP contribution in [0.15, 0.2) is 16.5 Å². The summed E-state index contributed by atoms with van der Waals surface area (Å²) in [5, 5.41) is 7.21. The Morgan fingerprint density at radius 2 is 2.26 bits per heavy atom. The number of hydrogen-bond donors (Lipinski definition) is 3. The van der Waals surface area contributed by atoms with E-state index in [1.807, 2.05) is 6.92 Å². The molecule has 0 aliphatic carbocycles. The van der Waals surface area contributed by atoms with Gasteiger partial charge in [0, 0.05) is 6.42 Å². The average molecular weight is 265 g/mol. The van der Waals surface area contributed by atoms with Crippen LogP contribution in [0.2, 0.25) is 0 Å². The third-order valence-corrected chi connectivity index (χ3v) is 2.77. The van der Waals surface area contributed by atoms with E-state index in [0.717, 1.165) is 5.76 Å². The van der Waals surface area contributed by atoms with Crippen molar-refractivity contribution >= 4 is 17.8 Å². The van der Waals surface area contributed by atoms with Crippen LogP contribution in [0, 0.1) is 6.92 Å². The fraction of sp³-hybridized carbons (Fsp3) is 0.417.